The van der Waals surface area contributed by atoms with Crippen molar-refractivity contribution in [3.63, 3.8) is 0 Å². The fraction of sp³-hybridized carbons (Fsp3) is 0.200. The molecule has 1 saturated heterocycles. The summed E-state index contributed by atoms with van der Waals surface area (Å²) in [6, 6.07) is 13.7. The van der Waals surface area contributed by atoms with E-state index in [-0.39, 0.29) is 5.91 Å². The molecule has 3 heterocycles. The summed E-state index contributed by atoms with van der Waals surface area (Å²) in [5.41, 5.74) is 2.55. The standard InChI is InChI=1S/C20H20N6O/c27-19(26-12-10-25(11-13-26)18-6-8-21-9-7-18)16-14-22-20(23-15-16)24-17-4-2-1-3-5-17/h1-9,14-15H,10-13H2,(H,22,23,24). The van der Waals surface area contributed by atoms with Crippen LogP contribution < -0.4 is 10.2 Å². The van der Waals surface area contributed by atoms with E-state index >= 15 is 0 Å². The highest BCUT2D eigenvalue weighted by Crippen LogP contribution is 2.16. The van der Waals surface area contributed by atoms with Gasteiger partial charge in [0.15, 0.2) is 0 Å². The summed E-state index contributed by atoms with van der Waals surface area (Å²) in [6.45, 7) is 2.94. The second kappa shape index (κ2) is 7.82. The van der Waals surface area contributed by atoms with Crippen LogP contribution in [0.5, 0.6) is 0 Å². The molecule has 0 saturated carbocycles. The van der Waals surface area contributed by atoms with Gasteiger partial charge in [-0.3, -0.25) is 9.78 Å². The average Bonchev–Trinajstić information content (AvgIpc) is 2.75. The van der Waals surface area contributed by atoms with Gasteiger partial charge in [0.2, 0.25) is 5.95 Å². The van der Waals surface area contributed by atoms with Crippen LogP contribution in [0.2, 0.25) is 0 Å². The number of pyridine rings is 1. The van der Waals surface area contributed by atoms with Crippen molar-refractivity contribution in [3.05, 3.63) is 72.8 Å². The molecule has 0 aliphatic carbocycles. The van der Waals surface area contributed by atoms with Crippen LogP contribution >= 0.6 is 0 Å². The number of rotatable bonds is 4. The van der Waals surface area contributed by atoms with Gasteiger partial charge in [-0.2, -0.15) is 0 Å². The third-order valence-corrected chi connectivity index (χ3v) is 4.52. The molecular weight excluding hydrogens is 340 g/mol. The van der Waals surface area contributed by atoms with Gasteiger partial charge >= 0.3 is 0 Å². The minimum absolute atomic E-state index is 0.0318. The third-order valence-electron chi connectivity index (χ3n) is 4.52. The van der Waals surface area contributed by atoms with Gasteiger partial charge < -0.3 is 15.1 Å². The Balaban J connectivity index is 1.36. The quantitative estimate of drug-likeness (QED) is 0.771. The molecule has 7 nitrogen and oxygen atoms in total. The molecule has 0 unspecified atom stereocenters. The number of hydrogen-bond acceptors (Lipinski definition) is 6. The van der Waals surface area contributed by atoms with Crippen LogP contribution in [0.4, 0.5) is 17.3 Å². The van der Waals surface area contributed by atoms with Crippen LogP contribution in [0.3, 0.4) is 0 Å². The lowest BCUT2D eigenvalue weighted by molar-refractivity contribution is 0.0746. The van der Waals surface area contributed by atoms with Crippen molar-refractivity contribution in [2.75, 3.05) is 36.4 Å². The van der Waals surface area contributed by atoms with E-state index in [0.29, 0.717) is 24.6 Å². The van der Waals surface area contributed by atoms with E-state index in [0.717, 1.165) is 24.5 Å². The molecule has 0 radical (unpaired) electrons. The molecule has 1 aliphatic rings. The maximum absolute atomic E-state index is 12.7. The van der Waals surface area contributed by atoms with Gasteiger partial charge in [-0.25, -0.2) is 9.97 Å². The zero-order chi connectivity index (χ0) is 18.5. The Morgan fingerprint density at radius 2 is 1.56 bits per heavy atom. The Kier molecular flexibility index (Phi) is 4.91. The van der Waals surface area contributed by atoms with Gasteiger partial charge in [0, 0.05) is 62.3 Å². The normalized spacial score (nSPS) is 14.1. The van der Waals surface area contributed by atoms with E-state index < -0.39 is 0 Å². The van der Waals surface area contributed by atoms with Crippen molar-refractivity contribution >= 4 is 23.2 Å². The van der Waals surface area contributed by atoms with E-state index in [9.17, 15) is 4.79 Å². The highest BCUT2D eigenvalue weighted by molar-refractivity contribution is 5.93. The number of piperazine rings is 1. The lowest BCUT2D eigenvalue weighted by Gasteiger charge is -2.36. The fourth-order valence-corrected chi connectivity index (χ4v) is 3.06. The maximum Gasteiger partial charge on any atom is 0.257 e. The molecule has 0 atom stereocenters. The molecule has 1 amide bonds. The number of para-hydroxylation sites is 1. The van der Waals surface area contributed by atoms with E-state index in [4.69, 9.17) is 0 Å². The Morgan fingerprint density at radius 1 is 0.889 bits per heavy atom. The molecule has 2 aromatic heterocycles. The molecule has 4 rings (SSSR count). The van der Waals surface area contributed by atoms with Crippen molar-refractivity contribution in [3.8, 4) is 0 Å². The van der Waals surface area contributed by atoms with E-state index in [1.807, 2.05) is 47.4 Å². The predicted octanol–water partition coefficient (Wildman–Crippen LogP) is 2.58. The number of nitrogens with zero attached hydrogens (tertiary/aromatic N) is 5. The monoisotopic (exact) mass is 360 g/mol. The first kappa shape index (κ1) is 17.0. The van der Waals surface area contributed by atoms with Crippen LogP contribution in [0.15, 0.2) is 67.3 Å². The molecule has 0 spiro atoms. The summed E-state index contributed by atoms with van der Waals surface area (Å²) in [5, 5.41) is 3.11. The van der Waals surface area contributed by atoms with Gasteiger partial charge in [-0.1, -0.05) is 18.2 Å². The molecular formula is C20H20N6O. The van der Waals surface area contributed by atoms with Crippen molar-refractivity contribution in [1.29, 1.82) is 0 Å². The Hall–Kier alpha value is -3.48. The molecule has 7 heteroatoms. The zero-order valence-corrected chi connectivity index (χ0v) is 14.8. The molecule has 27 heavy (non-hydrogen) atoms. The summed E-state index contributed by atoms with van der Waals surface area (Å²) in [5.74, 6) is 0.441. The second-order valence-electron chi connectivity index (χ2n) is 6.27. The number of aromatic nitrogens is 3. The van der Waals surface area contributed by atoms with Crippen molar-refractivity contribution in [2.45, 2.75) is 0 Å². The predicted molar refractivity (Wildman–Crippen MR) is 104 cm³/mol. The van der Waals surface area contributed by atoms with Gasteiger partial charge in [0.1, 0.15) is 0 Å². The minimum atomic E-state index is -0.0318. The number of benzene rings is 1. The Bertz CT molecular complexity index is 877. The van der Waals surface area contributed by atoms with Gasteiger partial charge in [0.25, 0.3) is 5.91 Å². The summed E-state index contributed by atoms with van der Waals surface area (Å²) in [6.07, 6.45) is 6.73. The van der Waals surface area contributed by atoms with Gasteiger partial charge in [-0.05, 0) is 24.3 Å². The molecule has 0 bridgehead atoms. The lowest BCUT2D eigenvalue weighted by Crippen LogP contribution is -2.48. The SMILES string of the molecule is O=C(c1cnc(Nc2ccccc2)nc1)N1CCN(c2ccncc2)CC1. The van der Waals surface area contributed by atoms with Crippen LogP contribution in [0, 0.1) is 0 Å². The smallest absolute Gasteiger partial charge is 0.257 e. The molecule has 1 aliphatic heterocycles. The number of carbonyl (C=O) groups excluding carboxylic acids is 1. The highest BCUT2D eigenvalue weighted by Gasteiger charge is 2.22. The molecule has 1 fully saturated rings. The largest absolute Gasteiger partial charge is 0.368 e. The maximum atomic E-state index is 12.7. The number of amides is 1. The molecule has 1 N–H and O–H groups in total. The van der Waals surface area contributed by atoms with Crippen LogP contribution in [0.25, 0.3) is 0 Å². The first-order valence-electron chi connectivity index (χ1n) is 8.88. The first-order chi connectivity index (χ1) is 13.3. The average molecular weight is 360 g/mol. The van der Waals surface area contributed by atoms with Crippen LogP contribution in [0.1, 0.15) is 10.4 Å². The van der Waals surface area contributed by atoms with E-state index in [2.05, 4.69) is 25.2 Å². The third kappa shape index (κ3) is 4.03. The Morgan fingerprint density at radius 3 is 2.22 bits per heavy atom. The van der Waals surface area contributed by atoms with Crippen LogP contribution in [-0.4, -0.2) is 51.9 Å². The fourth-order valence-electron chi connectivity index (χ4n) is 3.06. The summed E-state index contributed by atoms with van der Waals surface area (Å²) < 4.78 is 0. The van der Waals surface area contributed by atoms with Gasteiger partial charge in [-0.15, -0.1) is 0 Å². The van der Waals surface area contributed by atoms with Crippen LogP contribution in [-0.2, 0) is 0 Å². The summed E-state index contributed by atoms with van der Waals surface area (Å²) >= 11 is 0. The molecule has 136 valence electrons. The van der Waals surface area contributed by atoms with Crippen molar-refractivity contribution in [1.82, 2.24) is 19.9 Å². The molecule has 1 aromatic carbocycles. The lowest BCUT2D eigenvalue weighted by atomic mass is 10.2. The van der Waals surface area contributed by atoms with Crippen molar-refractivity contribution < 1.29 is 4.79 Å². The number of nitrogens with one attached hydrogen (secondary N) is 1. The number of carbonyl (C=O) groups is 1. The van der Waals surface area contributed by atoms with E-state index in [1.54, 1.807) is 24.8 Å². The summed E-state index contributed by atoms with van der Waals surface area (Å²) in [7, 11) is 0. The highest BCUT2D eigenvalue weighted by atomic mass is 16.2. The minimum Gasteiger partial charge on any atom is -0.368 e. The zero-order valence-electron chi connectivity index (χ0n) is 14.8. The molecule has 3 aromatic rings. The number of hydrogen-bond donors (Lipinski definition) is 1. The second-order valence-corrected chi connectivity index (χ2v) is 6.27. The van der Waals surface area contributed by atoms with E-state index in [1.165, 1.54) is 0 Å². The Labute approximate surface area is 157 Å². The topological polar surface area (TPSA) is 74.2 Å². The first-order valence-corrected chi connectivity index (χ1v) is 8.88. The summed E-state index contributed by atoms with van der Waals surface area (Å²) in [4.78, 5) is 29.4. The van der Waals surface area contributed by atoms with Crippen molar-refractivity contribution in [2.24, 2.45) is 0 Å². The van der Waals surface area contributed by atoms with Gasteiger partial charge in [0.05, 0.1) is 5.56 Å². The number of anilines is 3.